The molecule has 0 atom stereocenters. The van der Waals surface area contributed by atoms with Gasteiger partial charge in [0, 0.05) is 23.2 Å². The van der Waals surface area contributed by atoms with E-state index in [4.69, 9.17) is 0 Å². The highest BCUT2D eigenvalue weighted by molar-refractivity contribution is 5.80. The molecule has 0 amide bonds. The van der Waals surface area contributed by atoms with Crippen molar-refractivity contribution >= 4 is 17.0 Å². The van der Waals surface area contributed by atoms with Crippen molar-refractivity contribution < 1.29 is 0 Å². The van der Waals surface area contributed by atoms with Crippen molar-refractivity contribution in [2.75, 3.05) is 0 Å². The van der Waals surface area contributed by atoms with Crippen molar-refractivity contribution in [3.05, 3.63) is 52.3 Å². The van der Waals surface area contributed by atoms with Crippen molar-refractivity contribution in [1.29, 1.82) is 0 Å². The molecule has 1 aliphatic carbocycles. The second-order valence-electron chi connectivity index (χ2n) is 8.42. The van der Waals surface area contributed by atoms with Crippen molar-refractivity contribution in [1.82, 2.24) is 4.57 Å². The summed E-state index contributed by atoms with van der Waals surface area (Å²) < 4.78 is 2.38. The Morgan fingerprint density at radius 1 is 0.929 bits per heavy atom. The van der Waals surface area contributed by atoms with Crippen molar-refractivity contribution in [2.45, 2.75) is 96.4 Å². The van der Waals surface area contributed by atoms with Gasteiger partial charge in [-0.1, -0.05) is 82.9 Å². The molecule has 0 N–H and O–H groups in total. The van der Waals surface area contributed by atoms with E-state index in [9.17, 15) is 4.79 Å². The summed E-state index contributed by atoms with van der Waals surface area (Å²) in [7, 11) is 0. The molecule has 1 fully saturated rings. The maximum Gasteiger partial charge on any atom is 0.190 e. The van der Waals surface area contributed by atoms with E-state index in [1.165, 1.54) is 77.0 Å². The molecule has 0 radical (unpaired) electrons. The van der Waals surface area contributed by atoms with Gasteiger partial charge in [0.15, 0.2) is 5.43 Å². The quantitative estimate of drug-likeness (QED) is 0.327. The second-order valence-corrected chi connectivity index (χ2v) is 8.42. The van der Waals surface area contributed by atoms with E-state index in [1.54, 1.807) is 0 Å². The monoisotopic (exact) mass is 379 g/mol. The topological polar surface area (TPSA) is 22.0 Å². The minimum absolute atomic E-state index is 0.145. The molecule has 0 saturated heterocycles. The summed E-state index contributed by atoms with van der Waals surface area (Å²) in [5, 5.41) is 0.848. The summed E-state index contributed by atoms with van der Waals surface area (Å²) in [6.07, 6.45) is 21.8. The van der Waals surface area contributed by atoms with Gasteiger partial charge in [0.1, 0.15) is 0 Å². The maximum atomic E-state index is 12.5. The third-order valence-corrected chi connectivity index (χ3v) is 5.91. The highest BCUT2D eigenvalue weighted by Crippen LogP contribution is 2.38. The number of pyridine rings is 1. The van der Waals surface area contributed by atoms with E-state index < -0.39 is 0 Å². The lowest BCUT2D eigenvalue weighted by molar-refractivity contribution is 0.558. The minimum atomic E-state index is 0.145. The van der Waals surface area contributed by atoms with Gasteiger partial charge in [-0.25, -0.2) is 0 Å². The molecule has 1 aromatic heterocycles. The van der Waals surface area contributed by atoms with Gasteiger partial charge in [-0.15, -0.1) is 0 Å². The number of para-hydroxylation sites is 1. The lowest BCUT2D eigenvalue weighted by Crippen LogP contribution is -2.11. The Hall–Kier alpha value is -1.83. The lowest BCUT2D eigenvalue weighted by Gasteiger charge is -2.14. The van der Waals surface area contributed by atoms with Crippen LogP contribution in [0.1, 0.15) is 102 Å². The number of allylic oxidation sites excluding steroid dienone is 1. The van der Waals surface area contributed by atoms with Crippen LogP contribution in [0.15, 0.2) is 41.2 Å². The number of hydrogen-bond donors (Lipinski definition) is 0. The average Bonchev–Trinajstić information content (AvgIpc) is 3.54. The van der Waals surface area contributed by atoms with Gasteiger partial charge in [-0.3, -0.25) is 4.79 Å². The number of aromatic nitrogens is 1. The third kappa shape index (κ3) is 6.09. The Labute approximate surface area is 170 Å². The lowest BCUT2D eigenvalue weighted by atomic mass is 10.1. The van der Waals surface area contributed by atoms with Crippen LogP contribution in [0.4, 0.5) is 0 Å². The van der Waals surface area contributed by atoms with Crippen LogP contribution in [-0.4, -0.2) is 4.57 Å². The number of fused-ring (bicyclic) bond motifs is 1. The average molecular weight is 380 g/mol. The van der Waals surface area contributed by atoms with Gasteiger partial charge in [0.05, 0.1) is 5.52 Å². The van der Waals surface area contributed by atoms with E-state index in [2.05, 4.69) is 29.7 Å². The summed E-state index contributed by atoms with van der Waals surface area (Å²) in [5.41, 5.74) is 2.32. The first-order valence-electron chi connectivity index (χ1n) is 11.6. The Bertz CT molecular complexity index is 813. The zero-order valence-electron chi connectivity index (χ0n) is 17.7. The van der Waals surface area contributed by atoms with Crippen LogP contribution in [0.5, 0.6) is 0 Å². The van der Waals surface area contributed by atoms with Crippen LogP contribution in [0.2, 0.25) is 0 Å². The van der Waals surface area contributed by atoms with Crippen LogP contribution >= 0.6 is 0 Å². The molecule has 1 aliphatic rings. The fourth-order valence-corrected chi connectivity index (χ4v) is 4.14. The zero-order chi connectivity index (χ0) is 19.6. The highest BCUT2D eigenvalue weighted by atomic mass is 16.1. The molecule has 2 aromatic rings. The first-order chi connectivity index (χ1) is 13.8. The van der Waals surface area contributed by atoms with Crippen LogP contribution in [-0.2, 0) is 0 Å². The maximum absolute atomic E-state index is 12.5. The summed E-state index contributed by atoms with van der Waals surface area (Å²) in [4.78, 5) is 12.5. The summed E-state index contributed by atoms with van der Waals surface area (Å²) >= 11 is 0. The van der Waals surface area contributed by atoms with Crippen LogP contribution in [0.3, 0.4) is 0 Å². The third-order valence-electron chi connectivity index (χ3n) is 5.91. The molecule has 0 unspecified atom stereocenters. The summed E-state index contributed by atoms with van der Waals surface area (Å²) in [5.74, 6) is 0. The van der Waals surface area contributed by atoms with Gasteiger partial charge < -0.3 is 4.57 Å². The number of hydrogen-bond acceptors (Lipinski definition) is 1. The Morgan fingerprint density at radius 3 is 2.25 bits per heavy atom. The van der Waals surface area contributed by atoms with Crippen molar-refractivity contribution in [3.8, 4) is 0 Å². The highest BCUT2D eigenvalue weighted by Gasteiger charge is 2.26. The molecular weight excluding hydrogens is 342 g/mol. The fourth-order valence-electron chi connectivity index (χ4n) is 4.14. The Morgan fingerprint density at radius 2 is 1.57 bits per heavy atom. The second kappa shape index (κ2) is 11.2. The van der Waals surface area contributed by atoms with Crippen LogP contribution in [0.25, 0.3) is 17.0 Å². The van der Waals surface area contributed by atoms with E-state index in [0.717, 1.165) is 23.0 Å². The molecular formula is C26H37NO. The molecule has 152 valence electrons. The van der Waals surface area contributed by atoms with Crippen molar-refractivity contribution in [3.63, 3.8) is 0 Å². The normalized spacial score (nSPS) is 14.3. The largest absolute Gasteiger partial charge is 0.338 e. The van der Waals surface area contributed by atoms with Gasteiger partial charge in [-0.2, -0.15) is 0 Å². The standard InChI is InChI=1S/C26H37NO/c1-2-3-4-5-6-7-8-9-10-11-12-13-16-23-21-26(28)24-17-14-15-18-25(24)27(23)22-19-20-22/h13-18,21-22H,2-12,19-20H2,1H3/b16-13+. The Kier molecular flexibility index (Phi) is 8.39. The van der Waals surface area contributed by atoms with E-state index in [0.29, 0.717) is 6.04 Å². The molecule has 1 heterocycles. The minimum Gasteiger partial charge on any atom is -0.338 e. The summed E-state index contributed by atoms with van der Waals surface area (Å²) in [6, 6.07) is 10.4. The predicted molar refractivity (Wildman–Crippen MR) is 122 cm³/mol. The number of rotatable bonds is 13. The molecule has 28 heavy (non-hydrogen) atoms. The summed E-state index contributed by atoms with van der Waals surface area (Å²) in [6.45, 7) is 2.28. The molecule has 0 bridgehead atoms. The number of nitrogens with zero attached hydrogens (tertiary/aromatic N) is 1. The molecule has 3 rings (SSSR count). The first-order valence-corrected chi connectivity index (χ1v) is 11.6. The molecule has 2 nitrogen and oxygen atoms in total. The molecule has 0 spiro atoms. The van der Waals surface area contributed by atoms with Gasteiger partial charge in [0.25, 0.3) is 0 Å². The predicted octanol–water partition coefficient (Wildman–Crippen LogP) is 7.66. The van der Waals surface area contributed by atoms with E-state index >= 15 is 0 Å². The Balaban J connectivity index is 1.43. The molecule has 2 heteroatoms. The smallest absolute Gasteiger partial charge is 0.190 e. The zero-order valence-corrected chi connectivity index (χ0v) is 17.7. The van der Waals surface area contributed by atoms with Gasteiger partial charge in [-0.05, 0) is 43.9 Å². The van der Waals surface area contributed by atoms with Crippen LogP contribution < -0.4 is 5.43 Å². The number of benzene rings is 1. The molecule has 0 aliphatic heterocycles. The SMILES string of the molecule is CCCCCCCCCCCC/C=C/c1cc(=O)c2ccccc2n1C1CC1. The van der Waals surface area contributed by atoms with Gasteiger partial charge >= 0.3 is 0 Å². The van der Waals surface area contributed by atoms with Crippen LogP contribution in [0, 0.1) is 0 Å². The molecule has 1 saturated carbocycles. The van der Waals surface area contributed by atoms with E-state index in [-0.39, 0.29) is 5.43 Å². The fraction of sp³-hybridized carbons (Fsp3) is 0.577. The number of unbranched alkanes of at least 4 members (excludes halogenated alkanes) is 10. The molecule has 1 aromatic carbocycles. The first kappa shape index (κ1) is 20.9. The van der Waals surface area contributed by atoms with E-state index in [1.807, 2.05) is 24.3 Å². The van der Waals surface area contributed by atoms with Crippen molar-refractivity contribution in [2.24, 2.45) is 0 Å². The van der Waals surface area contributed by atoms with Gasteiger partial charge in [0.2, 0.25) is 0 Å².